The van der Waals surface area contributed by atoms with Gasteiger partial charge in [0.25, 0.3) is 10.0 Å². The first-order valence-electron chi connectivity index (χ1n) is 10.4. The number of benzene rings is 2. The number of fused-ring (bicyclic) bond motifs is 1. The molecule has 0 unspecified atom stereocenters. The summed E-state index contributed by atoms with van der Waals surface area (Å²) in [5.74, 6) is -0.247. The molecule has 0 amide bonds. The average molecular weight is 547 g/mol. The second-order valence-corrected chi connectivity index (χ2v) is 12.3. The summed E-state index contributed by atoms with van der Waals surface area (Å²) in [6.07, 6.45) is 6.38. The predicted octanol–water partition coefficient (Wildman–Crippen LogP) is 4.90. The third-order valence-electron chi connectivity index (χ3n) is 5.83. The van der Waals surface area contributed by atoms with Crippen molar-refractivity contribution in [3.8, 4) is 11.3 Å². The monoisotopic (exact) mass is 546 g/mol. The van der Waals surface area contributed by atoms with Crippen LogP contribution >= 0.6 is 27.3 Å². The predicted molar refractivity (Wildman–Crippen MR) is 129 cm³/mol. The molecule has 0 fully saturated rings. The molecule has 0 spiro atoms. The number of sulfonamides is 1. The van der Waals surface area contributed by atoms with Crippen molar-refractivity contribution in [3.63, 3.8) is 0 Å². The number of halogens is 2. The second kappa shape index (κ2) is 9.09. The summed E-state index contributed by atoms with van der Waals surface area (Å²) in [7, 11) is -3.62. The molecule has 0 N–H and O–H groups in total. The number of thiazole rings is 1. The van der Waals surface area contributed by atoms with Crippen molar-refractivity contribution in [1.29, 1.82) is 0 Å². The number of aromatic nitrogens is 3. The van der Waals surface area contributed by atoms with E-state index in [0.717, 1.165) is 45.7 Å². The van der Waals surface area contributed by atoms with E-state index < -0.39 is 10.0 Å². The van der Waals surface area contributed by atoms with E-state index in [1.807, 2.05) is 18.3 Å². The Bertz CT molecular complexity index is 1400. The molecule has 10 heteroatoms. The van der Waals surface area contributed by atoms with Gasteiger partial charge in [-0.15, -0.1) is 0 Å². The molecule has 6 nitrogen and oxygen atoms in total. The van der Waals surface area contributed by atoms with Crippen molar-refractivity contribution in [3.05, 3.63) is 87.6 Å². The summed E-state index contributed by atoms with van der Waals surface area (Å²) in [6, 6.07) is 12.6. The fourth-order valence-electron chi connectivity index (χ4n) is 4.11. The third-order valence-corrected chi connectivity index (χ3v) is 9.59. The second-order valence-electron chi connectivity index (χ2n) is 7.81. The zero-order valence-electron chi connectivity index (χ0n) is 17.5. The van der Waals surface area contributed by atoms with Crippen LogP contribution in [-0.4, -0.2) is 33.8 Å². The average Bonchev–Trinajstić information content (AvgIpc) is 3.47. The van der Waals surface area contributed by atoms with Crippen LogP contribution in [0.4, 0.5) is 4.39 Å². The van der Waals surface area contributed by atoms with Gasteiger partial charge in [-0.25, -0.2) is 22.8 Å². The van der Waals surface area contributed by atoms with Crippen LogP contribution in [0.1, 0.15) is 16.7 Å². The molecule has 0 saturated carbocycles. The SMILES string of the molecule is O=S(=O)(c1cnc(Br)s1)N1CCc2cccc(-c3cncn3CCc3ccc(F)cc3)c2C1. The van der Waals surface area contributed by atoms with Gasteiger partial charge in [0.15, 0.2) is 8.13 Å². The van der Waals surface area contributed by atoms with E-state index in [-0.39, 0.29) is 10.0 Å². The van der Waals surface area contributed by atoms with Gasteiger partial charge in [-0.3, -0.25) is 0 Å². The molecule has 5 rings (SSSR count). The third kappa shape index (κ3) is 4.52. The van der Waals surface area contributed by atoms with Gasteiger partial charge in [0.2, 0.25) is 0 Å². The number of imidazole rings is 1. The minimum atomic E-state index is -3.62. The van der Waals surface area contributed by atoms with Gasteiger partial charge in [-0.1, -0.05) is 41.7 Å². The topological polar surface area (TPSA) is 68.1 Å². The fourth-order valence-corrected chi connectivity index (χ4v) is 7.48. The van der Waals surface area contributed by atoms with Crippen molar-refractivity contribution in [2.24, 2.45) is 0 Å². The maximum Gasteiger partial charge on any atom is 0.254 e. The van der Waals surface area contributed by atoms with E-state index in [9.17, 15) is 12.8 Å². The molecule has 0 atom stereocenters. The van der Waals surface area contributed by atoms with Crippen molar-refractivity contribution < 1.29 is 12.8 Å². The van der Waals surface area contributed by atoms with Crippen molar-refractivity contribution in [2.75, 3.05) is 6.54 Å². The summed E-state index contributed by atoms with van der Waals surface area (Å²) < 4.78 is 44.0. The standard InChI is InChI=1S/C23H20BrFN4O2S2/c24-23-27-13-22(32-23)33(30,31)29-11-9-17-2-1-3-19(20(17)14-29)21-12-26-15-28(21)10-8-16-4-6-18(25)7-5-16/h1-7,12-13,15H,8-11,14H2. The van der Waals surface area contributed by atoms with E-state index in [2.05, 4.69) is 36.5 Å². The summed E-state index contributed by atoms with van der Waals surface area (Å²) >= 11 is 4.37. The first-order valence-corrected chi connectivity index (χ1v) is 13.4. The minimum absolute atomic E-state index is 0.236. The minimum Gasteiger partial charge on any atom is -0.330 e. The molecule has 0 bridgehead atoms. The Hall–Kier alpha value is -2.40. The lowest BCUT2D eigenvalue weighted by Gasteiger charge is -2.29. The zero-order chi connectivity index (χ0) is 23.0. The Morgan fingerprint density at radius 3 is 2.70 bits per heavy atom. The van der Waals surface area contributed by atoms with E-state index in [0.29, 0.717) is 30.0 Å². The lowest BCUT2D eigenvalue weighted by molar-refractivity contribution is 0.393. The van der Waals surface area contributed by atoms with Gasteiger partial charge in [-0.05, 0) is 57.6 Å². The van der Waals surface area contributed by atoms with Crippen LogP contribution in [0, 0.1) is 5.82 Å². The van der Waals surface area contributed by atoms with Crippen LogP contribution in [0.5, 0.6) is 0 Å². The Balaban J connectivity index is 1.43. The summed E-state index contributed by atoms with van der Waals surface area (Å²) in [4.78, 5) is 8.39. The molecule has 2 aromatic carbocycles. The van der Waals surface area contributed by atoms with Crippen molar-refractivity contribution >= 4 is 37.3 Å². The van der Waals surface area contributed by atoms with Gasteiger partial charge in [-0.2, -0.15) is 4.31 Å². The highest BCUT2D eigenvalue weighted by Crippen LogP contribution is 2.34. The maximum absolute atomic E-state index is 13.2. The maximum atomic E-state index is 13.2. The Labute approximate surface area is 203 Å². The molecular formula is C23H20BrFN4O2S2. The van der Waals surface area contributed by atoms with Crippen LogP contribution in [0.15, 0.2) is 69.3 Å². The first-order chi connectivity index (χ1) is 15.9. The molecule has 2 aromatic heterocycles. The Kier molecular flexibility index (Phi) is 6.17. The summed E-state index contributed by atoms with van der Waals surface area (Å²) in [5, 5.41) is 0. The lowest BCUT2D eigenvalue weighted by atomic mass is 9.94. The van der Waals surface area contributed by atoms with Crippen LogP contribution in [0.3, 0.4) is 0 Å². The Morgan fingerprint density at radius 2 is 1.94 bits per heavy atom. The van der Waals surface area contributed by atoms with Crippen LogP contribution < -0.4 is 0 Å². The number of aryl methyl sites for hydroxylation is 2. The molecular weight excluding hydrogens is 527 g/mol. The highest BCUT2D eigenvalue weighted by Gasteiger charge is 2.31. The molecule has 0 radical (unpaired) electrons. The van der Waals surface area contributed by atoms with E-state index in [4.69, 9.17) is 0 Å². The van der Waals surface area contributed by atoms with Crippen molar-refractivity contribution in [1.82, 2.24) is 18.8 Å². The molecule has 33 heavy (non-hydrogen) atoms. The smallest absolute Gasteiger partial charge is 0.254 e. The van der Waals surface area contributed by atoms with E-state index in [1.165, 1.54) is 22.6 Å². The van der Waals surface area contributed by atoms with Gasteiger partial charge in [0, 0.05) is 25.2 Å². The lowest BCUT2D eigenvalue weighted by Crippen LogP contribution is -2.36. The van der Waals surface area contributed by atoms with Gasteiger partial charge < -0.3 is 4.57 Å². The number of nitrogens with zero attached hydrogens (tertiary/aromatic N) is 4. The van der Waals surface area contributed by atoms with Crippen molar-refractivity contribution in [2.45, 2.75) is 30.1 Å². The van der Waals surface area contributed by atoms with Gasteiger partial charge in [0.05, 0.1) is 24.4 Å². The molecule has 3 heterocycles. The summed E-state index contributed by atoms with van der Waals surface area (Å²) in [5.41, 5.74) is 5.11. The zero-order valence-corrected chi connectivity index (χ0v) is 20.7. The van der Waals surface area contributed by atoms with E-state index in [1.54, 1.807) is 18.5 Å². The normalized spacial score (nSPS) is 14.4. The highest BCUT2D eigenvalue weighted by molar-refractivity contribution is 9.11. The van der Waals surface area contributed by atoms with Gasteiger partial charge in [0.1, 0.15) is 5.82 Å². The van der Waals surface area contributed by atoms with Crippen LogP contribution in [-0.2, 0) is 36.0 Å². The van der Waals surface area contributed by atoms with Crippen LogP contribution in [0.25, 0.3) is 11.3 Å². The first kappa shape index (κ1) is 22.4. The summed E-state index contributed by atoms with van der Waals surface area (Å²) in [6.45, 7) is 1.41. The van der Waals surface area contributed by atoms with E-state index >= 15 is 0 Å². The molecule has 4 aromatic rings. The quantitative estimate of drug-likeness (QED) is 0.345. The van der Waals surface area contributed by atoms with Gasteiger partial charge >= 0.3 is 0 Å². The number of rotatable bonds is 6. The number of hydrogen-bond donors (Lipinski definition) is 0. The Morgan fingerprint density at radius 1 is 1.12 bits per heavy atom. The molecule has 0 aliphatic carbocycles. The molecule has 170 valence electrons. The highest BCUT2D eigenvalue weighted by atomic mass is 79.9. The molecule has 0 saturated heterocycles. The fraction of sp³-hybridized carbons (Fsp3) is 0.217. The molecule has 1 aliphatic heterocycles. The number of hydrogen-bond acceptors (Lipinski definition) is 5. The largest absolute Gasteiger partial charge is 0.330 e. The molecule has 1 aliphatic rings. The van der Waals surface area contributed by atoms with Crippen LogP contribution in [0.2, 0.25) is 0 Å².